The summed E-state index contributed by atoms with van der Waals surface area (Å²) in [4.78, 5) is 12.4. The van der Waals surface area contributed by atoms with E-state index < -0.39 is 0 Å². The molecule has 24 heavy (non-hydrogen) atoms. The molecule has 0 radical (unpaired) electrons. The number of hydrogen-bond donors (Lipinski definition) is 1. The first-order valence-corrected chi connectivity index (χ1v) is 9.35. The van der Waals surface area contributed by atoms with Crippen LogP contribution in [0, 0.1) is 5.92 Å². The third kappa shape index (κ3) is 5.09. The fourth-order valence-corrected chi connectivity index (χ4v) is 3.32. The summed E-state index contributed by atoms with van der Waals surface area (Å²) in [6.45, 7) is 6.38. The fourth-order valence-electron chi connectivity index (χ4n) is 2.58. The number of amides is 1. The molecule has 130 valence electrons. The molecule has 1 N–H and O–H groups in total. The first-order chi connectivity index (χ1) is 11.5. The molecule has 1 atom stereocenters. The SMILES string of the molecule is CCc1nnc(SCC(=O)NC(CC(C)C)c2ccccc2)n1C. The smallest absolute Gasteiger partial charge is 0.230 e. The van der Waals surface area contributed by atoms with Gasteiger partial charge in [0.25, 0.3) is 0 Å². The summed E-state index contributed by atoms with van der Waals surface area (Å²) >= 11 is 1.42. The number of hydrogen-bond acceptors (Lipinski definition) is 4. The highest BCUT2D eigenvalue weighted by Gasteiger charge is 2.17. The number of carbonyl (C=O) groups is 1. The van der Waals surface area contributed by atoms with Gasteiger partial charge < -0.3 is 9.88 Å². The van der Waals surface area contributed by atoms with Crippen molar-refractivity contribution >= 4 is 17.7 Å². The van der Waals surface area contributed by atoms with Gasteiger partial charge in [-0.15, -0.1) is 10.2 Å². The van der Waals surface area contributed by atoms with Crippen molar-refractivity contribution in [1.82, 2.24) is 20.1 Å². The van der Waals surface area contributed by atoms with E-state index in [0.29, 0.717) is 11.7 Å². The van der Waals surface area contributed by atoms with Crippen molar-refractivity contribution in [3.05, 3.63) is 41.7 Å². The average Bonchev–Trinajstić information content (AvgIpc) is 2.93. The molecule has 0 fully saturated rings. The molecule has 2 rings (SSSR count). The van der Waals surface area contributed by atoms with Crippen molar-refractivity contribution in [3.63, 3.8) is 0 Å². The number of aryl methyl sites for hydroxylation is 1. The van der Waals surface area contributed by atoms with Crippen LogP contribution < -0.4 is 5.32 Å². The van der Waals surface area contributed by atoms with Crippen molar-refractivity contribution in [2.24, 2.45) is 13.0 Å². The van der Waals surface area contributed by atoms with Crippen molar-refractivity contribution in [3.8, 4) is 0 Å². The van der Waals surface area contributed by atoms with Gasteiger partial charge in [-0.3, -0.25) is 4.79 Å². The zero-order chi connectivity index (χ0) is 17.5. The van der Waals surface area contributed by atoms with E-state index in [2.05, 4.69) is 41.5 Å². The first-order valence-electron chi connectivity index (χ1n) is 8.36. The van der Waals surface area contributed by atoms with Crippen LogP contribution in [-0.2, 0) is 18.3 Å². The second kappa shape index (κ2) is 8.87. The van der Waals surface area contributed by atoms with Gasteiger partial charge in [0.2, 0.25) is 5.91 Å². The number of rotatable bonds is 8. The van der Waals surface area contributed by atoms with Crippen molar-refractivity contribution in [1.29, 1.82) is 0 Å². The molecule has 0 aliphatic rings. The molecule has 0 saturated heterocycles. The number of carbonyl (C=O) groups excluding carboxylic acids is 1. The average molecular weight is 347 g/mol. The monoisotopic (exact) mass is 346 g/mol. The van der Waals surface area contributed by atoms with E-state index in [9.17, 15) is 4.79 Å². The lowest BCUT2D eigenvalue weighted by Gasteiger charge is -2.21. The zero-order valence-corrected chi connectivity index (χ0v) is 15.6. The van der Waals surface area contributed by atoms with Crippen LogP contribution in [0.4, 0.5) is 0 Å². The van der Waals surface area contributed by atoms with Crippen LogP contribution >= 0.6 is 11.8 Å². The van der Waals surface area contributed by atoms with Crippen LogP contribution in [0.3, 0.4) is 0 Å². The van der Waals surface area contributed by atoms with Gasteiger partial charge in [-0.2, -0.15) is 0 Å². The van der Waals surface area contributed by atoms with Gasteiger partial charge in [-0.05, 0) is 17.9 Å². The Hall–Kier alpha value is -1.82. The third-order valence-electron chi connectivity index (χ3n) is 3.82. The molecular formula is C18H26N4OS. The van der Waals surface area contributed by atoms with E-state index >= 15 is 0 Å². The molecule has 1 aromatic carbocycles. The number of nitrogens with one attached hydrogen (secondary N) is 1. The van der Waals surface area contributed by atoms with Gasteiger partial charge in [0.15, 0.2) is 5.16 Å². The lowest BCUT2D eigenvalue weighted by atomic mass is 9.97. The topological polar surface area (TPSA) is 59.8 Å². The molecule has 2 aromatic rings. The summed E-state index contributed by atoms with van der Waals surface area (Å²) < 4.78 is 1.95. The summed E-state index contributed by atoms with van der Waals surface area (Å²) in [5, 5.41) is 12.2. The highest BCUT2D eigenvalue weighted by atomic mass is 32.2. The standard InChI is InChI=1S/C18H26N4OS/c1-5-16-20-21-18(22(16)4)24-12-17(23)19-15(11-13(2)3)14-9-7-6-8-10-14/h6-10,13,15H,5,11-12H2,1-4H3,(H,19,23). The molecular weight excluding hydrogens is 320 g/mol. The molecule has 0 aliphatic heterocycles. The molecule has 0 aliphatic carbocycles. The van der Waals surface area contributed by atoms with E-state index in [4.69, 9.17) is 0 Å². The van der Waals surface area contributed by atoms with Gasteiger partial charge in [0.05, 0.1) is 11.8 Å². The quantitative estimate of drug-likeness (QED) is 0.745. The lowest BCUT2D eigenvalue weighted by molar-refractivity contribution is -0.119. The minimum Gasteiger partial charge on any atom is -0.349 e. The van der Waals surface area contributed by atoms with Crippen LogP contribution in [-0.4, -0.2) is 26.4 Å². The summed E-state index contributed by atoms with van der Waals surface area (Å²) in [7, 11) is 1.94. The van der Waals surface area contributed by atoms with Gasteiger partial charge >= 0.3 is 0 Å². The van der Waals surface area contributed by atoms with Crippen LogP contribution in [0.5, 0.6) is 0 Å². The normalized spacial score (nSPS) is 12.4. The van der Waals surface area contributed by atoms with Crippen LogP contribution in [0.1, 0.15) is 44.6 Å². The first kappa shape index (κ1) is 18.5. The van der Waals surface area contributed by atoms with E-state index in [1.165, 1.54) is 11.8 Å². The highest BCUT2D eigenvalue weighted by molar-refractivity contribution is 7.99. The molecule has 0 spiro atoms. The van der Waals surface area contributed by atoms with E-state index in [1.54, 1.807) is 0 Å². The molecule has 6 heteroatoms. The van der Waals surface area contributed by atoms with Crippen LogP contribution in [0.2, 0.25) is 0 Å². The predicted molar refractivity (Wildman–Crippen MR) is 97.9 cm³/mol. The molecule has 0 saturated carbocycles. The zero-order valence-electron chi connectivity index (χ0n) is 14.8. The maximum absolute atomic E-state index is 12.4. The largest absolute Gasteiger partial charge is 0.349 e. The van der Waals surface area contributed by atoms with Gasteiger partial charge in [0, 0.05) is 13.5 Å². The molecule has 0 bridgehead atoms. The number of nitrogens with zero attached hydrogens (tertiary/aromatic N) is 3. The van der Waals surface area contributed by atoms with Crippen LogP contribution in [0.25, 0.3) is 0 Å². The Bertz CT molecular complexity index is 654. The summed E-state index contributed by atoms with van der Waals surface area (Å²) in [5.41, 5.74) is 1.15. The van der Waals surface area contributed by atoms with Crippen molar-refractivity contribution in [2.45, 2.75) is 44.8 Å². The van der Waals surface area contributed by atoms with E-state index in [-0.39, 0.29) is 11.9 Å². The lowest BCUT2D eigenvalue weighted by Crippen LogP contribution is -2.31. The Morgan fingerprint density at radius 3 is 2.54 bits per heavy atom. The Balaban J connectivity index is 1.96. The minimum atomic E-state index is 0.0237. The third-order valence-corrected chi connectivity index (χ3v) is 4.84. The molecule has 1 aromatic heterocycles. The van der Waals surface area contributed by atoms with Gasteiger partial charge in [-0.25, -0.2) is 0 Å². The van der Waals surface area contributed by atoms with Crippen molar-refractivity contribution in [2.75, 3.05) is 5.75 Å². The van der Waals surface area contributed by atoms with Crippen molar-refractivity contribution < 1.29 is 4.79 Å². The Labute approximate surface area is 148 Å². The molecule has 5 nitrogen and oxygen atoms in total. The molecule has 1 unspecified atom stereocenters. The minimum absolute atomic E-state index is 0.0237. The summed E-state index contributed by atoms with van der Waals surface area (Å²) in [6, 6.07) is 10.2. The second-order valence-electron chi connectivity index (χ2n) is 6.26. The van der Waals surface area contributed by atoms with Gasteiger partial charge in [0.1, 0.15) is 5.82 Å². The Morgan fingerprint density at radius 1 is 1.25 bits per heavy atom. The predicted octanol–water partition coefficient (Wildman–Crippen LogP) is 3.37. The summed E-state index contributed by atoms with van der Waals surface area (Å²) in [5.74, 6) is 1.81. The van der Waals surface area contributed by atoms with E-state index in [0.717, 1.165) is 29.4 Å². The summed E-state index contributed by atoms with van der Waals surface area (Å²) in [6.07, 6.45) is 1.76. The number of benzene rings is 1. The fraction of sp³-hybridized carbons (Fsp3) is 0.500. The number of thioether (sulfide) groups is 1. The number of aromatic nitrogens is 3. The van der Waals surface area contributed by atoms with Crippen LogP contribution in [0.15, 0.2) is 35.5 Å². The second-order valence-corrected chi connectivity index (χ2v) is 7.20. The highest BCUT2D eigenvalue weighted by Crippen LogP contribution is 2.22. The van der Waals surface area contributed by atoms with E-state index in [1.807, 2.05) is 36.7 Å². The van der Waals surface area contributed by atoms with Gasteiger partial charge in [-0.1, -0.05) is 62.9 Å². The maximum Gasteiger partial charge on any atom is 0.230 e. The molecule has 1 heterocycles. The maximum atomic E-state index is 12.4. The Kier molecular flexibility index (Phi) is 6.85. The molecule has 1 amide bonds. The Morgan fingerprint density at radius 2 is 1.96 bits per heavy atom.